The van der Waals surface area contributed by atoms with Gasteiger partial charge in [-0.25, -0.2) is 22.8 Å². The lowest BCUT2D eigenvalue weighted by atomic mass is 10.2. The molecule has 0 radical (unpaired) electrons. The zero-order valence-corrected chi connectivity index (χ0v) is 11.9. The van der Waals surface area contributed by atoms with Crippen LogP contribution in [0.1, 0.15) is 0 Å². The molecule has 0 unspecified atom stereocenters. The lowest BCUT2D eigenvalue weighted by molar-refractivity contribution is 0.600. The highest BCUT2D eigenvalue weighted by molar-refractivity contribution is 7.92. The van der Waals surface area contributed by atoms with Gasteiger partial charge in [0.15, 0.2) is 0 Å². The molecule has 0 aliphatic heterocycles. The highest BCUT2D eigenvalue weighted by Gasteiger charge is 2.17. The smallest absolute Gasteiger partial charge is 0.264 e. The van der Waals surface area contributed by atoms with E-state index in [4.69, 9.17) is 5.73 Å². The monoisotopic (exact) mass is 304 g/mol. The molecule has 21 heavy (non-hydrogen) atoms. The summed E-state index contributed by atoms with van der Waals surface area (Å²) < 4.78 is 28.4. The molecule has 3 rings (SSSR count). The maximum Gasteiger partial charge on any atom is 0.264 e. The molecule has 0 spiro atoms. The summed E-state index contributed by atoms with van der Waals surface area (Å²) in [6, 6.07) is 7.94. The van der Waals surface area contributed by atoms with Gasteiger partial charge in [-0.15, -0.1) is 0 Å². The molecule has 3 aromatic rings. The Hall–Kier alpha value is -2.68. The molecule has 0 aliphatic rings. The minimum Gasteiger partial charge on any atom is -0.384 e. The summed E-state index contributed by atoms with van der Waals surface area (Å²) in [7, 11) is -2.14. The predicted molar refractivity (Wildman–Crippen MR) is 78.0 cm³/mol. The fourth-order valence-corrected chi connectivity index (χ4v) is 2.93. The van der Waals surface area contributed by atoms with E-state index in [-0.39, 0.29) is 10.8 Å². The van der Waals surface area contributed by atoms with Crippen molar-refractivity contribution in [1.82, 2.24) is 19.7 Å². The topological polar surface area (TPSA) is 116 Å². The van der Waals surface area contributed by atoms with Crippen molar-refractivity contribution in [1.29, 1.82) is 0 Å². The fourth-order valence-electron chi connectivity index (χ4n) is 1.85. The van der Waals surface area contributed by atoms with Crippen molar-refractivity contribution in [3.05, 3.63) is 36.7 Å². The summed E-state index contributed by atoms with van der Waals surface area (Å²) in [5.41, 5.74) is 6.23. The summed E-state index contributed by atoms with van der Waals surface area (Å²) in [5.74, 6) is 0.529. The molecule has 2 aromatic heterocycles. The van der Waals surface area contributed by atoms with Crippen LogP contribution in [0.2, 0.25) is 0 Å². The summed E-state index contributed by atoms with van der Waals surface area (Å²) in [5, 5.41) is 4.49. The number of benzene rings is 1. The number of aromatic nitrogens is 4. The highest BCUT2D eigenvalue weighted by Crippen LogP contribution is 2.20. The number of fused-ring (bicyclic) bond motifs is 1. The van der Waals surface area contributed by atoms with E-state index < -0.39 is 10.0 Å². The first-order valence-electron chi connectivity index (χ1n) is 5.99. The average Bonchev–Trinajstić information content (AvgIpc) is 2.83. The molecule has 0 saturated carbocycles. The number of rotatable bonds is 3. The van der Waals surface area contributed by atoms with Crippen molar-refractivity contribution >= 4 is 32.7 Å². The van der Waals surface area contributed by atoms with Gasteiger partial charge in [0, 0.05) is 12.4 Å². The van der Waals surface area contributed by atoms with E-state index in [2.05, 4.69) is 19.8 Å². The Morgan fingerprint density at radius 1 is 1.24 bits per heavy atom. The first-order valence-corrected chi connectivity index (χ1v) is 7.47. The van der Waals surface area contributed by atoms with Gasteiger partial charge in [-0.1, -0.05) is 0 Å². The second-order valence-electron chi connectivity index (χ2n) is 4.40. The van der Waals surface area contributed by atoms with Crippen LogP contribution in [0.15, 0.2) is 41.6 Å². The molecule has 0 atom stereocenters. The molecule has 2 heterocycles. The molecular formula is C12H12N6O2S. The molecule has 0 aliphatic carbocycles. The van der Waals surface area contributed by atoms with Crippen LogP contribution in [0, 0.1) is 0 Å². The summed E-state index contributed by atoms with van der Waals surface area (Å²) in [4.78, 5) is 8.07. The first-order chi connectivity index (χ1) is 9.95. The van der Waals surface area contributed by atoms with Crippen LogP contribution in [0.5, 0.6) is 0 Å². The zero-order chi connectivity index (χ0) is 15.0. The number of aryl methyl sites for hydroxylation is 1. The van der Waals surface area contributed by atoms with Gasteiger partial charge in [-0.2, -0.15) is 10.1 Å². The summed E-state index contributed by atoms with van der Waals surface area (Å²) >= 11 is 0. The third-order valence-electron chi connectivity index (χ3n) is 2.93. The third kappa shape index (κ3) is 2.50. The van der Waals surface area contributed by atoms with Gasteiger partial charge in [0.05, 0.1) is 10.4 Å². The number of sulfonamides is 1. The Balaban J connectivity index is 2.02. The van der Waals surface area contributed by atoms with E-state index >= 15 is 0 Å². The number of nitrogen functional groups attached to an aromatic ring is 1. The fraction of sp³-hybridized carbons (Fsp3) is 0.0833. The molecule has 8 nitrogen and oxygen atoms in total. The number of nitrogens with zero attached hydrogens (tertiary/aromatic N) is 4. The van der Waals surface area contributed by atoms with Gasteiger partial charge in [-0.3, -0.25) is 0 Å². The van der Waals surface area contributed by atoms with Gasteiger partial charge >= 0.3 is 0 Å². The zero-order valence-electron chi connectivity index (χ0n) is 11.1. The highest BCUT2D eigenvalue weighted by atomic mass is 32.2. The molecule has 0 amide bonds. The Bertz CT molecular complexity index is 918. The summed E-state index contributed by atoms with van der Waals surface area (Å²) in [6.45, 7) is 0. The van der Waals surface area contributed by atoms with E-state index in [0.717, 1.165) is 0 Å². The normalized spacial score (nSPS) is 11.7. The number of pyridine rings is 1. The van der Waals surface area contributed by atoms with Crippen molar-refractivity contribution < 1.29 is 8.42 Å². The van der Waals surface area contributed by atoms with Crippen LogP contribution >= 0.6 is 0 Å². The van der Waals surface area contributed by atoms with Gasteiger partial charge in [0.2, 0.25) is 5.95 Å². The largest absolute Gasteiger partial charge is 0.384 e. The van der Waals surface area contributed by atoms with E-state index in [1.54, 1.807) is 25.2 Å². The van der Waals surface area contributed by atoms with Crippen LogP contribution in [-0.2, 0) is 17.1 Å². The van der Waals surface area contributed by atoms with E-state index in [1.807, 2.05) is 0 Å². The van der Waals surface area contributed by atoms with Crippen molar-refractivity contribution in [3.8, 4) is 0 Å². The molecule has 3 N–H and O–H groups in total. The number of anilines is 2. The Morgan fingerprint density at radius 2 is 2.05 bits per heavy atom. The molecule has 1 aromatic carbocycles. The molecule has 108 valence electrons. The lowest BCUT2D eigenvalue weighted by Gasteiger charge is -2.07. The van der Waals surface area contributed by atoms with Crippen LogP contribution in [0.25, 0.3) is 10.9 Å². The van der Waals surface area contributed by atoms with Crippen LogP contribution in [-0.4, -0.2) is 28.2 Å². The predicted octanol–water partition coefficient (Wildman–Crippen LogP) is 0.746. The van der Waals surface area contributed by atoms with Crippen LogP contribution < -0.4 is 10.5 Å². The van der Waals surface area contributed by atoms with Crippen LogP contribution in [0.4, 0.5) is 11.8 Å². The first kappa shape index (κ1) is 13.3. The average molecular weight is 304 g/mol. The lowest BCUT2D eigenvalue weighted by Crippen LogP contribution is -2.16. The van der Waals surface area contributed by atoms with Gasteiger partial charge < -0.3 is 5.73 Å². The van der Waals surface area contributed by atoms with Crippen molar-refractivity contribution in [2.75, 3.05) is 10.5 Å². The number of hydrogen-bond acceptors (Lipinski definition) is 6. The van der Waals surface area contributed by atoms with E-state index in [1.165, 1.54) is 23.1 Å². The maximum absolute atomic E-state index is 12.3. The molecule has 0 bridgehead atoms. The molecule has 9 heteroatoms. The van der Waals surface area contributed by atoms with Crippen LogP contribution in [0.3, 0.4) is 0 Å². The Kier molecular flexibility index (Phi) is 2.98. The Morgan fingerprint density at radius 3 is 2.76 bits per heavy atom. The second kappa shape index (κ2) is 4.70. The SMILES string of the molecule is Cn1ncnc1NS(=O)(=O)c1ccc2nc(N)ccc2c1. The standard InChI is InChI=1S/C12H12N6O2S/c1-18-12(14-7-15-18)17-21(19,20)9-3-4-10-8(6-9)2-5-11(13)16-10/h2-7H,1H3,(H2,13,16)(H,14,15,17). The van der Waals surface area contributed by atoms with E-state index in [9.17, 15) is 8.42 Å². The van der Waals surface area contributed by atoms with Gasteiger partial charge in [0.25, 0.3) is 10.0 Å². The molecule has 0 saturated heterocycles. The minimum atomic E-state index is -3.74. The second-order valence-corrected chi connectivity index (χ2v) is 6.09. The minimum absolute atomic E-state index is 0.115. The quantitative estimate of drug-likeness (QED) is 0.737. The third-order valence-corrected chi connectivity index (χ3v) is 4.26. The van der Waals surface area contributed by atoms with Gasteiger partial charge in [-0.05, 0) is 30.3 Å². The number of nitrogens with two attached hydrogens (primary N) is 1. The maximum atomic E-state index is 12.3. The molecular weight excluding hydrogens is 292 g/mol. The van der Waals surface area contributed by atoms with Gasteiger partial charge in [0.1, 0.15) is 12.1 Å². The van der Waals surface area contributed by atoms with E-state index in [0.29, 0.717) is 16.7 Å². The number of hydrogen-bond donors (Lipinski definition) is 2. The van der Waals surface area contributed by atoms with Crippen molar-refractivity contribution in [2.24, 2.45) is 7.05 Å². The number of nitrogens with one attached hydrogen (secondary N) is 1. The summed E-state index contributed by atoms with van der Waals surface area (Å²) in [6.07, 6.45) is 1.27. The van der Waals surface area contributed by atoms with Crippen molar-refractivity contribution in [2.45, 2.75) is 4.90 Å². The Labute approximate surface area is 120 Å². The van der Waals surface area contributed by atoms with Crippen molar-refractivity contribution in [3.63, 3.8) is 0 Å². The molecule has 0 fully saturated rings.